The summed E-state index contributed by atoms with van der Waals surface area (Å²) < 4.78 is 0. The van der Waals surface area contributed by atoms with E-state index in [0.29, 0.717) is 32.0 Å². The molecule has 1 N–H and O–H groups in total. The Morgan fingerprint density at radius 1 is 1.29 bits per heavy atom. The van der Waals surface area contributed by atoms with E-state index in [-0.39, 0.29) is 11.8 Å². The fourth-order valence-corrected chi connectivity index (χ4v) is 2.76. The van der Waals surface area contributed by atoms with E-state index in [1.807, 2.05) is 0 Å². The number of aliphatic carboxylic acids is 1. The minimum absolute atomic E-state index is 0.118. The molecule has 2 rings (SSSR count). The summed E-state index contributed by atoms with van der Waals surface area (Å²) in [5.41, 5.74) is 0. The standard InChI is InChI=1S/C12H20N2O3/c1-13-5-2-3-10(13)7-11(15)14-6-4-9(8-14)12(16)17/h9-10H,2-8H2,1H3,(H,16,17)/t9?,10-/m0/s1. The summed E-state index contributed by atoms with van der Waals surface area (Å²) in [7, 11) is 2.05. The van der Waals surface area contributed by atoms with E-state index >= 15 is 0 Å². The summed E-state index contributed by atoms with van der Waals surface area (Å²) in [5.74, 6) is -1.02. The molecule has 5 nitrogen and oxygen atoms in total. The van der Waals surface area contributed by atoms with Gasteiger partial charge in [-0.15, -0.1) is 0 Å². The average molecular weight is 240 g/mol. The Labute approximate surface area is 101 Å². The summed E-state index contributed by atoms with van der Waals surface area (Å²) >= 11 is 0. The summed E-state index contributed by atoms with van der Waals surface area (Å²) in [6.45, 7) is 2.06. The summed E-state index contributed by atoms with van der Waals surface area (Å²) in [6, 6.07) is 0.353. The zero-order valence-corrected chi connectivity index (χ0v) is 10.3. The number of carbonyl (C=O) groups is 2. The maximum atomic E-state index is 12.0. The van der Waals surface area contributed by atoms with Gasteiger partial charge in [-0.1, -0.05) is 0 Å². The summed E-state index contributed by atoms with van der Waals surface area (Å²) in [6.07, 6.45) is 3.38. The van der Waals surface area contributed by atoms with Crippen molar-refractivity contribution in [3.8, 4) is 0 Å². The maximum absolute atomic E-state index is 12.0. The second kappa shape index (κ2) is 5.04. The number of nitrogens with zero attached hydrogens (tertiary/aromatic N) is 2. The van der Waals surface area contributed by atoms with Crippen LogP contribution in [0.15, 0.2) is 0 Å². The first kappa shape index (κ1) is 12.4. The monoisotopic (exact) mass is 240 g/mol. The minimum Gasteiger partial charge on any atom is -0.481 e. The number of likely N-dealkylation sites (tertiary alicyclic amines) is 2. The maximum Gasteiger partial charge on any atom is 0.308 e. The molecule has 0 saturated carbocycles. The van der Waals surface area contributed by atoms with Crippen molar-refractivity contribution >= 4 is 11.9 Å². The fourth-order valence-electron chi connectivity index (χ4n) is 2.76. The lowest BCUT2D eigenvalue weighted by atomic mass is 10.1. The molecule has 5 heteroatoms. The van der Waals surface area contributed by atoms with Crippen molar-refractivity contribution in [2.75, 3.05) is 26.7 Å². The number of rotatable bonds is 3. The van der Waals surface area contributed by atoms with Crippen LogP contribution in [-0.4, -0.2) is 59.5 Å². The Morgan fingerprint density at radius 2 is 2.06 bits per heavy atom. The van der Waals surface area contributed by atoms with Crippen LogP contribution >= 0.6 is 0 Å². The van der Waals surface area contributed by atoms with Crippen LogP contribution in [0.3, 0.4) is 0 Å². The SMILES string of the molecule is CN1CCC[C@H]1CC(=O)N1CCC(C(=O)O)C1. The van der Waals surface area contributed by atoms with Gasteiger partial charge in [0.1, 0.15) is 0 Å². The lowest BCUT2D eigenvalue weighted by Crippen LogP contribution is -2.35. The van der Waals surface area contributed by atoms with Gasteiger partial charge in [0.2, 0.25) is 5.91 Å². The topological polar surface area (TPSA) is 60.9 Å². The Kier molecular flexibility index (Phi) is 3.66. The van der Waals surface area contributed by atoms with Gasteiger partial charge in [0.25, 0.3) is 0 Å². The molecule has 0 spiro atoms. The van der Waals surface area contributed by atoms with Crippen LogP contribution in [0, 0.1) is 5.92 Å². The fraction of sp³-hybridized carbons (Fsp3) is 0.833. The van der Waals surface area contributed by atoms with Gasteiger partial charge in [0.15, 0.2) is 0 Å². The third-order valence-electron chi connectivity index (χ3n) is 3.97. The lowest BCUT2D eigenvalue weighted by Gasteiger charge is -2.22. The third kappa shape index (κ3) is 2.77. The van der Waals surface area contributed by atoms with E-state index in [9.17, 15) is 9.59 Å². The molecule has 0 aliphatic carbocycles. The first-order chi connectivity index (χ1) is 8.08. The van der Waals surface area contributed by atoms with Crippen LogP contribution in [0.5, 0.6) is 0 Å². The molecular weight excluding hydrogens is 220 g/mol. The smallest absolute Gasteiger partial charge is 0.308 e. The average Bonchev–Trinajstić information content (AvgIpc) is 2.88. The predicted octanol–water partition coefficient (Wildman–Crippen LogP) is 0.404. The van der Waals surface area contributed by atoms with Gasteiger partial charge in [0.05, 0.1) is 5.92 Å². The normalized spacial score (nSPS) is 29.8. The Morgan fingerprint density at radius 3 is 2.59 bits per heavy atom. The van der Waals surface area contributed by atoms with Crippen molar-refractivity contribution in [1.29, 1.82) is 0 Å². The van der Waals surface area contributed by atoms with Crippen LogP contribution in [0.4, 0.5) is 0 Å². The molecule has 2 aliphatic rings. The van der Waals surface area contributed by atoms with Crippen molar-refractivity contribution in [2.45, 2.75) is 31.7 Å². The van der Waals surface area contributed by atoms with Crippen LogP contribution < -0.4 is 0 Å². The number of carboxylic acids is 1. The molecular formula is C12H20N2O3. The lowest BCUT2D eigenvalue weighted by molar-refractivity contribution is -0.141. The van der Waals surface area contributed by atoms with Crippen molar-refractivity contribution < 1.29 is 14.7 Å². The highest BCUT2D eigenvalue weighted by Crippen LogP contribution is 2.22. The van der Waals surface area contributed by atoms with Gasteiger partial charge in [0, 0.05) is 25.6 Å². The van der Waals surface area contributed by atoms with Gasteiger partial charge < -0.3 is 14.9 Å². The molecule has 2 fully saturated rings. The largest absolute Gasteiger partial charge is 0.481 e. The molecule has 0 bridgehead atoms. The van der Waals surface area contributed by atoms with Crippen LogP contribution in [0.1, 0.15) is 25.7 Å². The minimum atomic E-state index is -0.779. The van der Waals surface area contributed by atoms with E-state index in [0.717, 1.165) is 19.4 Å². The molecule has 2 atom stereocenters. The van der Waals surface area contributed by atoms with E-state index in [1.54, 1.807) is 4.90 Å². The zero-order valence-electron chi connectivity index (χ0n) is 10.3. The van der Waals surface area contributed by atoms with Gasteiger partial charge >= 0.3 is 5.97 Å². The first-order valence-electron chi connectivity index (χ1n) is 6.28. The third-order valence-corrected chi connectivity index (χ3v) is 3.97. The van der Waals surface area contributed by atoms with Crippen LogP contribution in [0.2, 0.25) is 0 Å². The van der Waals surface area contributed by atoms with E-state index in [4.69, 9.17) is 5.11 Å². The Hall–Kier alpha value is -1.10. The van der Waals surface area contributed by atoms with Gasteiger partial charge in [-0.05, 0) is 32.9 Å². The van der Waals surface area contributed by atoms with Crippen LogP contribution in [0.25, 0.3) is 0 Å². The van der Waals surface area contributed by atoms with E-state index in [2.05, 4.69) is 11.9 Å². The Balaban J connectivity index is 1.83. The number of amides is 1. The predicted molar refractivity (Wildman–Crippen MR) is 62.6 cm³/mol. The molecule has 1 amide bonds. The Bertz CT molecular complexity index is 319. The quantitative estimate of drug-likeness (QED) is 0.776. The molecule has 2 saturated heterocycles. The molecule has 96 valence electrons. The summed E-state index contributed by atoms with van der Waals surface area (Å²) in [5, 5.41) is 8.89. The highest BCUT2D eigenvalue weighted by atomic mass is 16.4. The van der Waals surface area contributed by atoms with Gasteiger partial charge in [-0.25, -0.2) is 0 Å². The number of carbonyl (C=O) groups excluding carboxylic acids is 1. The molecule has 0 radical (unpaired) electrons. The van der Waals surface area contributed by atoms with Crippen molar-refractivity contribution in [1.82, 2.24) is 9.80 Å². The van der Waals surface area contributed by atoms with Gasteiger partial charge in [-0.2, -0.15) is 0 Å². The van der Waals surface area contributed by atoms with Gasteiger partial charge in [-0.3, -0.25) is 9.59 Å². The number of hydrogen-bond donors (Lipinski definition) is 1. The molecule has 0 aromatic carbocycles. The highest BCUT2D eigenvalue weighted by Gasteiger charge is 2.32. The van der Waals surface area contributed by atoms with Crippen molar-refractivity contribution in [3.63, 3.8) is 0 Å². The summed E-state index contributed by atoms with van der Waals surface area (Å²) in [4.78, 5) is 26.8. The second-order valence-electron chi connectivity index (χ2n) is 5.14. The highest BCUT2D eigenvalue weighted by molar-refractivity contribution is 5.79. The van der Waals surface area contributed by atoms with E-state index < -0.39 is 5.97 Å². The molecule has 1 unspecified atom stereocenters. The van der Waals surface area contributed by atoms with Crippen LogP contribution in [-0.2, 0) is 9.59 Å². The number of carboxylic acid groups (broad SMARTS) is 1. The second-order valence-corrected chi connectivity index (χ2v) is 5.14. The molecule has 0 aromatic rings. The first-order valence-corrected chi connectivity index (χ1v) is 6.28. The van der Waals surface area contributed by atoms with E-state index in [1.165, 1.54) is 0 Å². The molecule has 2 heterocycles. The number of hydrogen-bond acceptors (Lipinski definition) is 3. The molecule has 17 heavy (non-hydrogen) atoms. The zero-order chi connectivity index (χ0) is 12.4. The van der Waals surface area contributed by atoms with Crippen molar-refractivity contribution in [2.24, 2.45) is 5.92 Å². The molecule has 2 aliphatic heterocycles. The molecule has 0 aromatic heterocycles. The van der Waals surface area contributed by atoms with Crippen molar-refractivity contribution in [3.05, 3.63) is 0 Å².